The van der Waals surface area contributed by atoms with E-state index in [1.54, 1.807) is 64.4 Å². The van der Waals surface area contributed by atoms with Gasteiger partial charge in [0.1, 0.15) is 5.75 Å². The first-order valence-electron chi connectivity index (χ1n) is 11.2. The lowest BCUT2D eigenvalue weighted by molar-refractivity contribution is 0.324. The third-order valence-electron chi connectivity index (χ3n) is 5.77. The maximum atomic E-state index is 13.8. The number of hydrogen-bond acceptors (Lipinski definition) is 9. The van der Waals surface area contributed by atoms with Gasteiger partial charge in [-0.25, -0.2) is 4.98 Å². The Labute approximate surface area is 218 Å². The van der Waals surface area contributed by atoms with Gasteiger partial charge < -0.3 is 28.4 Å². The smallest absolute Gasteiger partial charge is 0.266 e. The van der Waals surface area contributed by atoms with Gasteiger partial charge in [-0.15, -0.1) is 0 Å². The van der Waals surface area contributed by atoms with E-state index >= 15 is 0 Å². The van der Waals surface area contributed by atoms with Gasteiger partial charge in [0.15, 0.2) is 28.2 Å². The van der Waals surface area contributed by atoms with Gasteiger partial charge in [0, 0.05) is 11.8 Å². The Bertz CT molecular complexity index is 1440. The molecule has 10 heteroatoms. The highest BCUT2D eigenvalue weighted by atomic mass is 32.2. The van der Waals surface area contributed by atoms with Crippen molar-refractivity contribution in [2.24, 2.45) is 0 Å². The quantitative estimate of drug-likeness (QED) is 0.216. The van der Waals surface area contributed by atoms with Crippen molar-refractivity contribution in [2.45, 2.75) is 10.9 Å². The maximum Gasteiger partial charge on any atom is 0.266 e. The van der Waals surface area contributed by atoms with Gasteiger partial charge in [0.2, 0.25) is 5.75 Å². The van der Waals surface area contributed by atoms with Crippen LogP contribution >= 0.6 is 11.8 Å². The molecule has 0 fully saturated rings. The van der Waals surface area contributed by atoms with Crippen LogP contribution in [0.25, 0.3) is 16.6 Å². The molecule has 0 aliphatic rings. The molecule has 3 aromatic carbocycles. The van der Waals surface area contributed by atoms with Gasteiger partial charge in [-0.1, -0.05) is 11.8 Å². The molecule has 0 unspecified atom stereocenters. The number of benzene rings is 3. The van der Waals surface area contributed by atoms with Crippen LogP contribution in [0.3, 0.4) is 0 Å². The van der Waals surface area contributed by atoms with Crippen LogP contribution in [-0.4, -0.2) is 52.2 Å². The highest BCUT2D eigenvalue weighted by Crippen LogP contribution is 2.40. The fourth-order valence-corrected chi connectivity index (χ4v) is 4.86. The Morgan fingerprint density at radius 2 is 1.32 bits per heavy atom. The number of thioether (sulfide) groups is 1. The zero-order valence-corrected chi connectivity index (χ0v) is 22.3. The van der Waals surface area contributed by atoms with E-state index in [0.717, 1.165) is 5.56 Å². The van der Waals surface area contributed by atoms with E-state index in [-0.39, 0.29) is 5.56 Å². The van der Waals surface area contributed by atoms with Crippen molar-refractivity contribution in [3.8, 4) is 40.2 Å². The van der Waals surface area contributed by atoms with Crippen LogP contribution in [0.2, 0.25) is 0 Å². The van der Waals surface area contributed by atoms with E-state index in [2.05, 4.69) is 0 Å². The molecule has 4 rings (SSSR count). The molecule has 0 atom stereocenters. The van der Waals surface area contributed by atoms with Crippen LogP contribution in [0.4, 0.5) is 0 Å². The standard InChI is InChI=1S/C27H28N2O7S/c1-31-18-9-7-17(8-10-18)29-26(30)19-13-21(32-2)22(33-3)14-20(19)28-27(29)37-15-16-11-23(34-4)25(36-6)24(12-16)35-5/h7-14H,15H2,1-6H3. The summed E-state index contributed by atoms with van der Waals surface area (Å²) in [6.07, 6.45) is 0. The summed E-state index contributed by atoms with van der Waals surface area (Å²) in [4.78, 5) is 18.6. The second kappa shape index (κ2) is 11.3. The third-order valence-corrected chi connectivity index (χ3v) is 6.78. The summed E-state index contributed by atoms with van der Waals surface area (Å²) in [5.41, 5.74) is 1.83. The fourth-order valence-electron chi connectivity index (χ4n) is 3.91. The molecule has 9 nitrogen and oxygen atoms in total. The first-order valence-corrected chi connectivity index (χ1v) is 12.2. The summed E-state index contributed by atoms with van der Waals surface area (Å²) in [5.74, 6) is 3.72. The number of aromatic nitrogens is 2. The summed E-state index contributed by atoms with van der Waals surface area (Å²) in [5, 5.41) is 0.911. The molecule has 0 aliphatic carbocycles. The van der Waals surface area contributed by atoms with Gasteiger partial charge >= 0.3 is 0 Å². The largest absolute Gasteiger partial charge is 0.497 e. The Morgan fingerprint density at radius 1 is 0.730 bits per heavy atom. The molecule has 1 heterocycles. The lowest BCUT2D eigenvalue weighted by Crippen LogP contribution is -2.22. The highest BCUT2D eigenvalue weighted by molar-refractivity contribution is 7.98. The molecule has 4 aromatic rings. The van der Waals surface area contributed by atoms with Crippen LogP contribution in [-0.2, 0) is 5.75 Å². The molecule has 0 spiro atoms. The number of rotatable bonds is 10. The Morgan fingerprint density at radius 3 is 1.86 bits per heavy atom. The van der Waals surface area contributed by atoms with E-state index in [1.165, 1.54) is 18.9 Å². The second-order valence-corrected chi connectivity index (χ2v) is 8.72. The van der Waals surface area contributed by atoms with Crippen molar-refractivity contribution >= 4 is 22.7 Å². The maximum absolute atomic E-state index is 13.8. The minimum Gasteiger partial charge on any atom is -0.497 e. The van der Waals surface area contributed by atoms with E-state index in [1.807, 2.05) is 24.3 Å². The van der Waals surface area contributed by atoms with Crippen molar-refractivity contribution in [3.63, 3.8) is 0 Å². The van der Waals surface area contributed by atoms with Gasteiger partial charge in [-0.3, -0.25) is 9.36 Å². The lowest BCUT2D eigenvalue weighted by atomic mass is 10.2. The summed E-state index contributed by atoms with van der Waals surface area (Å²) in [7, 11) is 9.37. The molecule has 1 aromatic heterocycles. The predicted octanol–water partition coefficient (Wildman–Crippen LogP) is 4.73. The molecular formula is C27H28N2O7S. The molecule has 0 bridgehead atoms. The number of hydrogen-bond donors (Lipinski definition) is 0. The van der Waals surface area contributed by atoms with Crippen molar-refractivity contribution < 1.29 is 28.4 Å². The molecule has 0 saturated carbocycles. The van der Waals surface area contributed by atoms with Crippen molar-refractivity contribution in [2.75, 3.05) is 42.7 Å². The minimum atomic E-state index is -0.233. The minimum absolute atomic E-state index is 0.233. The number of ether oxygens (including phenoxy) is 6. The van der Waals surface area contributed by atoms with Gasteiger partial charge in [-0.2, -0.15) is 0 Å². The molecule has 0 saturated heterocycles. The van der Waals surface area contributed by atoms with E-state index in [4.69, 9.17) is 33.4 Å². The lowest BCUT2D eigenvalue weighted by Gasteiger charge is -2.16. The van der Waals surface area contributed by atoms with Crippen molar-refractivity contribution in [1.29, 1.82) is 0 Å². The second-order valence-electron chi connectivity index (χ2n) is 7.78. The average molecular weight is 525 g/mol. The van der Waals surface area contributed by atoms with E-state index < -0.39 is 0 Å². The van der Waals surface area contributed by atoms with E-state index in [0.29, 0.717) is 62.0 Å². The Kier molecular flexibility index (Phi) is 7.98. The summed E-state index contributed by atoms with van der Waals surface area (Å²) >= 11 is 1.41. The zero-order valence-electron chi connectivity index (χ0n) is 21.5. The highest BCUT2D eigenvalue weighted by Gasteiger charge is 2.18. The first-order chi connectivity index (χ1) is 18.0. The first kappa shape index (κ1) is 26.0. The molecule has 0 N–H and O–H groups in total. The van der Waals surface area contributed by atoms with Gasteiger partial charge in [-0.05, 0) is 48.0 Å². The van der Waals surface area contributed by atoms with Crippen LogP contribution < -0.4 is 34.0 Å². The molecule has 0 aliphatic heterocycles. The zero-order chi connectivity index (χ0) is 26.5. The topological polar surface area (TPSA) is 90.3 Å². The van der Waals surface area contributed by atoms with Crippen molar-refractivity contribution in [3.05, 3.63) is 64.4 Å². The Balaban J connectivity index is 1.85. The van der Waals surface area contributed by atoms with Crippen LogP contribution in [0, 0.1) is 0 Å². The van der Waals surface area contributed by atoms with Crippen LogP contribution in [0.5, 0.6) is 34.5 Å². The SMILES string of the molecule is COc1ccc(-n2c(SCc3cc(OC)c(OC)c(OC)c3)nc3cc(OC)c(OC)cc3c2=O)cc1. The average Bonchev–Trinajstić information content (AvgIpc) is 2.94. The molecule has 37 heavy (non-hydrogen) atoms. The fraction of sp³-hybridized carbons (Fsp3) is 0.259. The monoisotopic (exact) mass is 524 g/mol. The van der Waals surface area contributed by atoms with E-state index in [9.17, 15) is 4.79 Å². The van der Waals surface area contributed by atoms with Crippen molar-refractivity contribution in [1.82, 2.24) is 9.55 Å². The van der Waals surface area contributed by atoms with Gasteiger partial charge in [0.25, 0.3) is 5.56 Å². The predicted molar refractivity (Wildman–Crippen MR) is 143 cm³/mol. The third kappa shape index (κ3) is 5.10. The van der Waals surface area contributed by atoms with Gasteiger partial charge in [0.05, 0.1) is 59.2 Å². The molecule has 0 radical (unpaired) electrons. The Hall–Kier alpha value is -4.05. The molecule has 194 valence electrons. The normalized spacial score (nSPS) is 10.8. The van der Waals surface area contributed by atoms with Crippen LogP contribution in [0.15, 0.2) is 58.5 Å². The number of fused-ring (bicyclic) bond motifs is 1. The summed E-state index contributed by atoms with van der Waals surface area (Å²) in [6, 6.07) is 14.3. The van der Waals surface area contributed by atoms with Crippen LogP contribution in [0.1, 0.15) is 5.56 Å². The summed E-state index contributed by atoms with van der Waals surface area (Å²) in [6.45, 7) is 0. The summed E-state index contributed by atoms with van der Waals surface area (Å²) < 4.78 is 34.1. The number of nitrogens with zero attached hydrogens (tertiary/aromatic N) is 2. The molecular weight excluding hydrogens is 496 g/mol. The number of methoxy groups -OCH3 is 6. The molecule has 0 amide bonds.